The van der Waals surface area contributed by atoms with Crippen molar-refractivity contribution in [2.24, 2.45) is 5.92 Å². The summed E-state index contributed by atoms with van der Waals surface area (Å²) in [4.78, 5) is 16.9. The van der Waals surface area contributed by atoms with Gasteiger partial charge in [0, 0.05) is 24.6 Å². The Balaban J connectivity index is 2.30. The first-order chi connectivity index (χ1) is 17.2. The number of aromatic nitrogens is 2. The van der Waals surface area contributed by atoms with E-state index in [1.54, 1.807) is 13.0 Å². The van der Waals surface area contributed by atoms with Crippen molar-refractivity contribution in [3.63, 3.8) is 0 Å². The van der Waals surface area contributed by atoms with Crippen LogP contribution in [-0.4, -0.2) is 54.8 Å². The first-order valence-corrected chi connectivity index (χ1v) is 14.4. The minimum absolute atomic E-state index is 0.0287. The van der Waals surface area contributed by atoms with Crippen LogP contribution in [0, 0.1) is 5.92 Å². The van der Waals surface area contributed by atoms with Crippen LogP contribution in [0.4, 0.5) is 29.7 Å². The van der Waals surface area contributed by atoms with Crippen LogP contribution in [-0.2, 0) is 25.3 Å². The van der Waals surface area contributed by atoms with Crippen molar-refractivity contribution in [1.29, 1.82) is 0 Å². The van der Waals surface area contributed by atoms with Gasteiger partial charge in [0.15, 0.2) is 0 Å². The highest BCUT2D eigenvalue weighted by Crippen LogP contribution is 2.36. The second kappa shape index (κ2) is 13.4. The molecule has 1 aromatic carbocycles. The van der Waals surface area contributed by atoms with Gasteiger partial charge in [-0.05, 0) is 48.8 Å². The number of unbranched alkanes of at least 4 members (excludes halogenated alkanes) is 2. The molecule has 0 spiro atoms. The molecular weight excluding hydrogens is 533 g/mol. The molecule has 0 aliphatic heterocycles. The monoisotopic (exact) mass is 566 g/mol. The van der Waals surface area contributed by atoms with E-state index in [9.17, 15) is 31.5 Å². The summed E-state index contributed by atoms with van der Waals surface area (Å²) in [6.45, 7) is 7.23. The Kier molecular flexibility index (Phi) is 11.1. The Morgan fingerprint density at radius 2 is 1.92 bits per heavy atom. The number of hydrogen-bond donors (Lipinski definition) is 2. The molecule has 1 heterocycles. The molecule has 0 fully saturated rings. The molecule has 2 rings (SSSR count). The molecule has 0 saturated carbocycles. The highest BCUT2D eigenvalue weighted by Gasteiger charge is 2.36. The number of nitrogens with one attached hydrogen (secondary N) is 1. The Morgan fingerprint density at radius 3 is 2.49 bits per heavy atom. The summed E-state index contributed by atoms with van der Waals surface area (Å²) in [7, 11) is -3.48. The summed E-state index contributed by atoms with van der Waals surface area (Å²) in [6.07, 6.45) is -1.75. The maximum atomic E-state index is 13.0. The molecule has 1 aromatic heterocycles. The molecule has 0 amide bonds. The van der Waals surface area contributed by atoms with Gasteiger partial charge in [-0.2, -0.15) is 30.9 Å². The Morgan fingerprint density at radius 1 is 1.22 bits per heavy atom. The van der Waals surface area contributed by atoms with Gasteiger partial charge in [-0.3, -0.25) is 8.98 Å². The summed E-state index contributed by atoms with van der Waals surface area (Å²) in [5.41, 5.74) is 1.95. The third-order valence-electron chi connectivity index (χ3n) is 5.29. The van der Waals surface area contributed by atoms with Gasteiger partial charge in [-0.15, -0.1) is 0 Å². The molecule has 0 aliphatic rings. The number of rotatable bonds is 15. The molecular formula is C23H33F3N4O5S2. The molecule has 0 saturated heterocycles. The predicted molar refractivity (Wildman–Crippen MR) is 137 cm³/mol. The summed E-state index contributed by atoms with van der Waals surface area (Å²) in [6, 6.07) is 5.39. The SMILES string of the molecule is CC(C)CN(CCCCCOS(C)(=O)=O)c1ccc(C(C)CC(=O)O)cc1Nc1nc(C(F)(F)F)ns1. The van der Waals surface area contributed by atoms with Gasteiger partial charge >= 0.3 is 12.1 Å². The van der Waals surface area contributed by atoms with Crippen LogP contribution in [0.25, 0.3) is 0 Å². The van der Waals surface area contributed by atoms with Crippen molar-refractivity contribution >= 4 is 44.1 Å². The van der Waals surface area contributed by atoms with Crippen LogP contribution < -0.4 is 10.2 Å². The molecule has 0 bridgehead atoms. The van der Waals surface area contributed by atoms with E-state index in [1.807, 2.05) is 26.0 Å². The second-order valence-electron chi connectivity index (χ2n) is 9.25. The minimum Gasteiger partial charge on any atom is -0.481 e. The zero-order valence-electron chi connectivity index (χ0n) is 21.2. The lowest BCUT2D eigenvalue weighted by atomic mass is 9.96. The van der Waals surface area contributed by atoms with Gasteiger partial charge in [0.1, 0.15) is 0 Å². The lowest BCUT2D eigenvalue weighted by Crippen LogP contribution is -2.29. The molecule has 14 heteroatoms. The summed E-state index contributed by atoms with van der Waals surface area (Å²) >= 11 is 0.592. The van der Waals surface area contributed by atoms with E-state index in [0.717, 1.165) is 23.9 Å². The quantitative estimate of drug-likeness (QED) is 0.213. The summed E-state index contributed by atoms with van der Waals surface area (Å²) < 4.78 is 69.5. The van der Waals surface area contributed by atoms with Gasteiger partial charge in [-0.25, -0.2) is 0 Å². The number of carboxylic acids is 1. The van der Waals surface area contributed by atoms with Gasteiger partial charge in [0.05, 0.1) is 30.7 Å². The minimum atomic E-state index is -4.67. The molecule has 208 valence electrons. The van der Waals surface area contributed by atoms with Crippen molar-refractivity contribution in [3.8, 4) is 0 Å². The van der Waals surface area contributed by atoms with E-state index in [4.69, 9.17) is 4.18 Å². The van der Waals surface area contributed by atoms with Crippen molar-refractivity contribution in [1.82, 2.24) is 9.36 Å². The first kappa shape index (κ1) is 30.8. The maximum Gasteiger partial charge on any atom is 0.452 e. The smallest absolute Gasteiger partial charge is 0.452 e. The molecule has 1 atom stereocenters. The van der Waals surface area contributed by atoms with Crippen LogP contribution in [0.3, 0.4) is 0 Å². The molecule has 0 aliphatic carbocycles. The maximum absolute atomic E-state index is 13.0. The van der Waals surface area contributed by atoms with Crippen LogP contribution in [0.15, 0.2) is 18.2 Å². The summed E-state index contributed by atoms with van der Waals surface area (Å²) in [5.74, 6) is -2.23. The Hall–Kier alpha value is -2.45. The number of anilines is 3. The topological polar surface area (TPSA) is 122 Å². The van der Waals surface area contributed by atoms with Crippen LogP contribution in [0.2, 0.25) is 0 Å². The zero-order chi connectivity index (χ0) is 27.8. The van der Waals surface area contributed by atoms with E-state index >= 15 is 0 Å². The van der Waals surface area contributed by atoms with Crippen LogP contribution in [0.1, 0.15) is 63.8 Å². The lowest BCUT2D eigenvalue weighted by molar-refractivity contribution is -0.144. The number of alkyl halides is 3. The fourth-order valence-electron chi connectivity index (χ4n) is 3.66. The molecule has 37 heavy (non-hydrogen) atoms. The van der Waals surface area contributed by atoms with Gasteiger partial charge in [0.25, 0.3) is 10.1 Å². The van der Waals surface area contributed by atoms with E-state index < -0.39 is 28.1 Å². The van der Waals surface area contributed by atoms with E-state index in [0.29, 0.717) is 43.2 Å². The third-order valence-corrected chi connectivity index (χ3v) is 6.51. The largest absolute Gasteiger partial charge is 0.481 e. The Labute approximate surface area is 219 Å². The van der Waals surface area contributed by atoms with Crippen LogP contribution in [0.5, 0.6) is 0 Å². The van der Waals surface area contributed by atoms with Crippen molar-refractivity contribution < 1.29 is 35.7 Å². The van der Waals surface area contributed by atoms with Crippen LogP contribution >= 0.6 is 11.5 Å². The molecule has 0 radical (unpaired) electrons. The molecule has 2 N–H and O–H groups in total. The van der Waals surface area contributed by atoms with Crippen molar-refractivity contribution in [3.05, 3.63) is 29.6 Å². The average Bonchev–Trinajstić information content (AvgIpc) is 3.23. The zero-order valence-corrected chi connectivity index (χ0v) is 22.8. The fraction of sp³-hybridized carbons (Fsp3) is 0.609. The molecule has 9 nitrogen and oxygen atoms in total. The molecule has 2 aromatic rings. The van der Waals surface area contributed by atoms with E-state index in [2.05, 4.69) is 19.6 Å². The highest BCUT2D eigenvalue weighted by atomic mass is 32.2. The fourth-order valence-corrected chi connectivity index (χ4v) is 4.68. The number of carboxylic acid groups (broad SMARTS) is 1. The third kappa shape index (κ3) is 10.8. The van der Waals surface area contributed by atoms with Crippen molar-refractivity contribution in [2.45, 2.75) is 58.5 Å². The highest BCUT2D eigenvalue weighted by molar-refractivity contribution is 7.85. The van der Waals surface area contributed by atoms with Crippen molar-refractivity contribution in [2.75, 3.05) is 36.2 Å². The van der Waals surface area contributed by atoms with Gasteiger partial charge in [-0.1, -0.05) is 26.8 Å². The van der Waals surface area contributed by atoms with Gasteiger partial charge in [0.2, 0.25) is 11.0 Å². The number of hydrogen-bond acceptors (Lipinski definition) is 9. The normalized spacial score (nSPS) is 13.1. The first-order valence-electron chi connectivity index (χ1n) is 11.8. The predicted octanol–water partition coefficient (Wildman–Crippen LogP) is 5.49. The van der Waals surface area contributed by atoms with E-state index in [1.165, 1.54) is 0 Å². The molecule has 1 unspecified atom stereocenters. The van der Waals surface area contributed by atoms with E-state index in [-0.39, 0.29) is 30.0 Å². The number of benzene rings is 1. The average molecular weight is 567 g/mol. The Bertz CT molecular complexity index is 1140. The standard InChI is InChI=1S/C23H33F3N4O5S2/c1-15(2)14-30(10-6-5-7-11-35-37(4,33)34)19-9-8-17(16(3)12-20(31)32)13-18(19)27-22-28-21(29-36-22)23(24,25)26/h8-9,13,15-16H,5-7,10-12,14H2,1-4H3,(H,31,32)(H,27,28,29). The second-order valence-corrected chi connectivity index (χ2v) is 11.6. The number of carbonyl (C=O) groups is 1. The number of aliphatic carboxylic acids is 1. The number of nitrogens with zero attached hydrogens (tertiary/aromatic N) is 3. The van der Waals surface area contributed by atoms with Gasteiger partial charge < -0.3 is 15.3 Å². The number of halogens is 3. The summed E-state index contributed by atoms with van der Waals surface area (Å²) in [5, 5.41) is 12.1. The lowest BCUT2D eigenvalue weighted by Gasteiger charge is -2.29.